The lowest BCUT2D eigenvalue weighted by atomic mass is 10.7. The molecule has 0 saturated carbocycles. The molecule has 0 aromatic carbocycles. The first-order valence-corrected chi connectivity index (χ1v) is 2.94. The van der Waals surface area contributed by atoms with Gasteiger partial charge in [0.15, 0.2) is 6.29 Å². The predicted molar refractivity (Wildman–Crippen MR) is 27.0 cm³/mol. The topological polar surface area (TPSA) is 89.8 Å². The second-order valence-corrected chi connectivity index (χ2v) is 1.87. The second-order valence-electron chi connectivity index (χ2n) is 1.08. The molecule has 0 bridgehead atoms. The first-order valence-electron chi connectivity index (χ1n) is 1.83. The number of nitrogens with one attached hydrogen (secondary N) is 1. The largest absolute Gasteiger partial charge is 0.367 e. The Balaban J connectivity index is 3.05. The molecule has 5 nitrogen and oxygen atoms in total. The molecule has 0 spiro atoms. The van der Waals surface area contributed by atoms with Crippen molar-refractivity contribution in [3.8, 4) is 0 Å². The second kappa shape index (κ2) is 3.93. The standard InChI is InChI=1S/C2H7NO4S/c4-2(5)1-3-8(6)7/h2-5H,1H2,(H,6,7). The van der Waals surface area contributed by atoms with Gasteiger partial charge >= 0.3 is 0 Å². The fourth-order valence-electron chi connectivity index (χ4n) is 0.146. The van der Waals surface area contributed by atoms with Crippen molar-refractivity contribution in [1.82, 2.24) is 4.72 Å². The van der Waals surface area contributed by atoms with Crippen molar-refractivity contribution in [2.75, 3.05) is 6.54 Å². The monoisotopic (exact) mass is 141 g/mol. The van der Waals surface area contributed by atoms with Crippen molar-refractivity contribution in [1.29, 1.82) is 0 Å². The zero-order chi connectivity index (χ0) is 6.57. The minimum absolute atomic E-state index is 0.302. The van der Waals surface area contributed by atoms with Crippen LogP contribution in [0.15, 0.2) is 0 Å². The van der Waals surface area contributed by atoms with E-state index in [0.29, 0.717) is 0 Å². The highest BCUT2D eigenvalue weighted by atomic mass is 32.2. The van der Waals surface area contributed by atoms with E-state index < -0.39 is 17.6 Å². The van der Waals surface area contributed by atoms with Crippen LogP contribution >= 0.6 is 0 Å². The van der Waals surface area contributed by atoms with Gasteiger partial charge in [0, 0.05) is 0 Å². The highest BCUT2D eigenvalue weighted by molar-refractivity contribution is 7.77. The van der Waals surface area contributed by atoms with Crippen LogP contribution in [0, 0.1) is 0 Å². The summed E-state index contributed by atoms with van der Waals surface area (Å²) < 4.78 is 19.5. The van der Waals surface area contributed by atoms with Crippen LogP contribution in [-0.4, -0.2) is 31.8 Å². The minimum atomic E-state index is -2.16. The van der Waals surface area contributed by atoms with Crippen LogP contribution in [0.25, 0.3) is 0 Å². The van der Waals surface area contributed by atoms with Gasteiger partial charge in [-0.2, -0.15) is 0 Å². The van der Waals surface area contributed by atoms with Crippen molar-refractivity contribution in [3.05, 3.63) is 0 Å². The minimum Gasteiger partial charge on any atom is -0.367 e. The van der Waals surface area contributed by atoms with Gasteiger partial charge in [-0.15, -0.1) is 0 Å². The van der Waals surface area contributed by atoms with Crippen LogP contribution in [0.1, 0.15) is 0 Å². The van der Waals surface area contributed by atoms with Crippen LogP contribution in [0.4, 0.5) is 0 Å². The number of rotatable bonds is 3. The van der Waals surface area contributed by atoms with Gasteiger partial charge < -0.3 is 10.2 Å². The molecule has 0 radical (unpaired) electrons. The number of aliphatic hydroxyl groups excluding tert-OH is 1. The maximum atomic E-state index is 9.68. The van der Waals surface area contributed by atoms with E-state index in [-0.39, 0.29) is 6.54 Å². The third kappa shape index (κ3) is 5.99. The molecular weight excluding hydrogens is 134 g/mol. The van der Waals surface area contributed by atoms with Gasteiger partial charge in [0.2, 0.25) is 11.3 Å². The van der Waals surface area contributed by atoms with Crippen LogP contribution in [-0.2, 0) is 11.3 Å². The number of aliphatic hydroxyl groups is 2. The predicted octanol–water partition coefficient (Wildman–Crippen LogP) is -1.98. The fourth-order valence-corrected chi connectivity index (χ4v) is 0.437. The van der Waals surface area contributed by atoms with E-state index in [1.807, 2.05) is 4.72 Å². The Labute approximate surface area is 48.8 Å². The van der Waals surface area contributed by atoms with Crippen LogP contribution < -0.4 is 4.72 Å². The SMILES string of the molecule is O=S(O)NCC(O)O. The van der Waals surface area contributed by atoms with Crippen molar-refractivity contribution in [2.24, 2.45) is 0 Å². The molecule has 0 aliphatic heterocycles. The lowest BCUT2D eigenvalue weighted by Crippen LogP contribution is -2.27. The van der Waals surface area contributed by atoms with E-state index >= 15 is 0 Å². The summed E-state index contributed by atoms with van der Waals surface area (Å²) in [7, 11) is 0. The molecule has 1 atom stereocenters. The van der Waals surface area contributed by atoms with Crippen molar-refractivity contribution >= 4 is 11.3 Å². The van der Waals surface area contributed by atoms with E-state index in [1.165, 1.54) is 0 Å². The van der Waals surface area contributed by atoms with E-state index in [2.05, 4.69) is 0 Å². The van der Waals surface area contributed by atoms with Crippen molar-refractivity contribution < 1.29 is 19.0 Å². The molecule has 1 unspecified atom stereocenters. The quantitative estimate of drug-likeness (QED) is 0.271. The zero-order valence-electron chi connectivity index (χ0n) is 3.94. The average Bonchev–Trinajstić information content (AvgIpc) is 1.61. The van der Waals surface area contributed by atoms with E-state index in [9.17, 15) is 4.21 Å². The maximum absolute atomic E-state index is 9.68. The smallest absolute Gasteiger partial charge is 0.231 e. The first kappa shape index (κ1) is 7.99. The molecule has 6 heteroatoms. The Kier molecular flexibility index (Phi) is 3.92. The molecule has 8 heavy (non-hydrogen) atoms. The summed E-state index contributed by atoms with van der Waals surface area (Å²) in [4.78, 5) is 0. The summed E-state index contributed by atoms with van der Waals surface area (Å²) in [6, 6.07) is 0. The van der Waals surface area contributed by atoms with Gasteiger partial charge in [-0.3, -0.25) is 4.55 Å². The third-order valence-corrected chi connectivity index (χ3v) is 0.803. The molecule has 0 aliphatic rings. The van der Waals surface area contributed by atoms with Crippen LogP contribution in [0.3, 0.4) is 0 Å². The molecule has 4 N–H and O–H groups in total. The zero-order valence-corrected chi connectivity index (χ0v) is 4.76. The Hall–Kier alpha value is -0.0100. The molecule has 0 aliphatic carbocycles. The summed E-state index contributed by atoms with van der Waals surface area (Å²) in [6.07, 6.45) is -1.58. The van der Waals surface area contributed by atoms with Crippen LogP contribution in [0.2, 0.25) is 0 Å². The highest BCUT2D eigenvalue weighted by Crippen LogP contribution is 1.69. The van der Waals surface area contributed by atoms with Gasteiger partial charge in [0.05, 0.1) is 6.54 Å². The fraction of sp³-hybridized carbons (Fsp3) is 1.00. The molecule has 0 rings (SSSR count). The van der Waals surface area contributed by atoms with Gasteiger partial charge in [-0.25, -0.2) is 8.93 Å². The molecule has 50 valence electrons. The maximum Gasteiger partial charge on any atom is 0.231 e. The van der Waals surface area contributed by atoms with Crippen molar-refractivity contribution in [2.45, 2.75) is 6.29 Å². The molecule has 0 heterocycles. The number of hydrogen-bond donors (Lipinski definition) is 4. The molecule has 0 fully saturated rings. The van der Waals surface area contributed by atoms with E-state index in [1.54, 1.807) is 0 Å². The molecule has 0 saturated heterocycles. The van der Waals surface area contributed by atoms with E-state index in [4.69, 9.17) is 14.8 Å². The Morgan fingerprint density at radius 1 is 1.62 bits per heavy atom. The normalized spacial score (nSPS) is 14.5. The lowest BCUT2D eigenvalue weighted by Gasteiger charge is -1.99. The summed E-state index contributed by atoms with van der Waals surface area (Å²) in [6.45, 7) is -0.302. The third-order valence-electron chi connectivity index (χ3n) is 0.389. The molecule has 0 aromatic heterocycles. The van der Waals surface area contributed by atoms with E-state index in [0.717, 1.165) is 0 Å². The molecular formula is C2H7NO4S. The summed E-state index contributed by atoms with van der Waals surface area (Å²) >= 11 is -2.16. The van der Waals surface area contributed by atoms with Gasteiger partial charge in [0.25, 0.3) is 0 Å². The van der Waals surface area contributed by atoms with Gasteiger partial charge in [-0.1, -0.05) is 0 Å². The van der Waals surface area contributed by atoms with Crippen LogP contribution in [0.5, 0.6) is 0 Å². The van der Waals surface area contributed by atoms with Crippen molar-refractivity contribution in [3.63, 3.8) is 0 Å². The average molecular weight is 141 g/mol. The highest BCUT2D eigenvalue weighted by Gasteiger charge is 1.96. The lowest BCUT2D eigenvalue weighted by molar-refractivity contribution is -0.0336. The van der Waals surface area contributed by atoms with Gasteiger partial charge in [0.1, 0.15) is 0 Å². The first-order chi connectivity index (χ1) is 3.63. The Bertz CT molecular complexity index is 84.1. The summed E-state index contributed by atoms with van der Waals surface area (Å²) in [5.74, 6) is 0. The molecule has 0 amide bonds. The summed E-state index contributed by atoms with van der Waals surface area (Å²) in [5.41, 5.74) is 0. The number of hydrogen-bond acceptors (Lipinski definition) is 3. The Morgan fingerprint density at radius 3 is 2.25 bits per heavy atom. The van der Waals surface area contributed by atoms with Gasteiger partial charge in [-0.05, 0) is 0 Å². The molecule has 0 aromatic rings. The Morgan fingerprint density at radius 2 is 2.12 bits per heavy atom. The summed E-state index contributed by atoms with van der Waals surface area (Å²) in [5, 5.41) is 16.1.